The topological polar surface area (TPSA) is 46.2 Å². The third kappa shape index (κ3) is 4.43. The molecule has 3 N–H and O–H groups in total. The van der Waals surface area contributed by atoms with Crippen molar-refractivity contribution in [2.45, 2.75) is 39.3 Å². The molecule has 0 aliphatic carbocycles. The fraction of sp³-hybridized carbons (Fsp3) is 1.00. The molecule has 0 aliphatic rings. The summed E-state index contributed by atoms with van der Waals surface area (Å²) in [6.07, 6.45) is 0.532. The van der Waals surface area contributed by atoms with Crippen LogP contribution in [0.15, 0.2) is 0 Å². The Morgan fingerprint density at radius 1 is 1.33 bits per heavy atom. The Kier molecular flexibility index (Phi) is 3.82. The zero-order valence-electron chi connectivity index (χ0n) is 6.46. The summed E-state index contributed by atoms with van der Waals surface area (Å²) >= 11 is 0. The summed E-state index contributed by atoms with van der Waals surface area (Å²) in [6.45, 7) is 5.93. The highest BCUT2D eigenvalue weighted by atomic mass is 16.3. The molecule has 0 radical (unpaired) electrons. The average molecular weight is 131 g/mol. The van der Waals surface area contributed by atoms with Crippen molar-refractivity contribution in [1.82, 2.24) is 0 Å². The largest absolute Gasteiger partial charge is 0.392 e. The van der Waals surface area contributed by atoms with Gasteiger partial charge in [0.15, 0.2) is 0 Å². The lowest BCUT2D eigenvalue weighted by molar-refractivity contribution is 0.152. The summed E-state index contributed by atoms with van der Waals surface area (Å²) in [5, 5.41) is 8.94. The number of rotatable bonds is 3. The number of nitrogens with two attached hydrogens (primary N) is 1. The van der Waals surface area contributed by atoms with Gasteiger partial charge in [0.25, 0.3) is 0 Å². The third-order valence-electron chi connectivity index (χ3n) is 1.36. The van der Waals surface area contributed by atoms with Crippen molar-refractivity contribution in [2.24, 2.45) is 11.7 Å². The van der Waals surface area contributed by atoms with Gasteiger partial charge in [0.2, 0.25) is 0 Å². The van der Waals surface area contributed by atoms with Crippen LogP contribution in [0.2, 0.25) is 0 Å². The highest BCUT2D eigenvalue weighted by molar-refractivity contribution is 4.68. The number of aliphatic hydroxyl groups excluding tert-OH is 1. The van der Waals surface area contributed by atoms with E-state index in [9.17, 15) is 0 Å². The molecule has 0 heterocycles. The number of hydrogen-bond acceptors (Lipinski definition) is 2. The second kappa shape index (κ2) is 3.85. The molecule has 0 aliphatic heterocycles. The Hall–Kier alpha value is -0.0800. The Bertz CT molecular complexity index is 71.3. The van der Waals surface area contributed by atoms with Gasteiger partial charge in [-0.05, 0) is 19.3 Å². The molecule has 56 valence electrons. The molecule has 0 saturated heterocycles. The van der Waals surface area contributed by atoms with Crippen molar-refractivity contribution in [3.05, 3.63) is 0 Å². The zero-order valence-corrected chi connectivity index (χ0v) is 6.46. The van der Waals surface area contributed by atoms with Gasteiger partial charge in [-0.25, -0.2) is 0 Å². The first-order valence-electron chi connectivity index (χ1n) is 3.47. The predicted octanol–water partition coefficient (Wildman–Crippen LogP) is 0.741. The summed E-state index contributed by atoms with van der Waals surface area (Å²) in [4.78, 5) is 0. The summed E-state index contributed by atoms with van der Waals surface area (Å²) in [6, 6.07) is -0.0509. The van der Waals surface area contributed by atoms with Crippen molar-refractivity contribution in [3.8, 4) is 0 Å². The molecule has 1 unspecified atom stereocenters. The van der Waals surface area contributed by atoms with E-state index in [0.29, 0.717) is 5.92 Å². The third-order valence-corrected chi connectivity index (χ3v) is 1.36. The molecule has 2 nitrogen and oxygen atoms in total. The van der Waals surface area contributed by atoms with Crippen LogP contribution >= 0.6 is 0 Å². The molecule has 0 aromatic carbocycles. The normalized spacial score (nSPS) is 18.0. The maximum Gasteiger partial charge on any atom is 0.0663 e. The first-order valence-corrected chi connectivity index (χ1v) is 3.47. The van der Waals surface area contributed by atoms with Gasteiger partial charge in [0.05, 0.1) is 6.10 Å². The Labute approximate surface area is 57.1 Å². The van der Waals surface area contributed by atoms with Crippen molar-refractivity contribution in [3.63, 3.8) is 0 Å². The highest BCUT2D eigenvalue weighted by Crippen LogP contribution is 2.04. The van der Waals surface area contributed by atoms with Gasteiger partial charge >= 0.3 is 0 Å². The Balaban J connectivity index is 3.38. The van der Waals surface area contributed by atoms with E-state index in [0.717, 1.165) is 6.42 Å². The lowest BCUT2D eigenvalue weighted by Crippen LogP contribution is -2.33. The molecule has 9 heavy (non-hydrogen) atoms. The molecular weight excluding hydrogens is 114 g/mol. The lowest BCUT2D eigenvalue weighted by Gasteiger charge is -2.16. The quantitative estimate of drug-likeness (QED) is 0.593. The standard InChI is InChI=1S/C7H17NO/c1-5(2)4-7(8)6(3)9/h5-7,9H,4,8H2,1-3H3/t6?,7-/m1/s1. The van der Waals surface area contributed by atoms with Crippen molar-refractivity contribution >= 4 is 0 Å². The second-order valence-corrected chi connectivity index (χ2v) is 3.03. The smallest absolute Gasteiger partial charge is 0.0663 e. The lowest BCUT2D eigenvalue weighted by atomic mass is 10.0. The molecule has 0 saturated carbocycles. The van der Waals surface area contributed by atoms with Crippen LogP contribution in [-0.4, -0.2) is 17.3 Å². The minimum absolute atomic E-state index is 0.0509. The number of hydrogen-bond donors (Lipinski definition) is 2. The Morgan fingerprint density at radius 3 is 1.89 bits per heavy atom. The molecule has 0 spiro atoms. The van der Waals surface area contributed by atoms with E-state index < -0.39 is 0 Å². The van der Waals surface area contributed by atoms with E-state index in [-0.39, 0.29) is 12.1 Å². The summed E-state index contributed by atoms with van der Waals surface area (Å²) in [5.41, 5.74) is 5.57. The summed E-state index contributed by atoms with van der Waals surface area (Å²) in [7, 11) is 0. The second-order valence-electron chi connectivity index (χ2n) is 3.03. The first-order chi connectivity index (χ1) is 4.04. The fourth-order valence-corrected chi connectivity index (χ4v) is 0.741. The first kappa shape index (κ1) is 8.92. The summed E-state index contributed by atoms with van der Waals surface area (Å²) in [5.74, 6) is 0.578. The summed E-state index contributed by atoms with van der Waals surface area (Å²) < 4.78 is 0. The predicted molar refractivity (Wildman–Crippen MR) is 39.1 cm³/mol. The van der Waals surface area contributed by atoms with Gasteiger partial charge in [-0.3, -0.25) is 0 Å². The Morgan fingerprint density at radius 2 is 1.78 bits per heavy atom. The van der Waals surface area contributed by atoms with Crippen LogP contribution < -0.4 is 5.73 Å². The molecule has 0 aromatic rings. The molecule has 0 amide bonds. The van der Waals surface area contributed by atoms with E-state index in [1.165, 1.54) is 0 Å². The van der Waals surface area contributed by atoms with Crippen LogP contribution in [0.25, 0.3) is 0 Å². The van der Waals surface area contributed by atoms with Crippen LogP contribution in [0, 0.1) is 5.92 Å². The average Bonchev–Trinajstić information content (AvgIpc) is 1.63. The molecular formula is C7H17NO. The van der Waals surface area contributed by atoms with Crippen molar-refractivity contribution < 1.29 is 5.11 Å². The minimum atomic E-state index is -0.368. The van der Waals surface area contributed by atoms with E-state index in [2.05, 4.69) is 13.8 Å². The van der Waals surface area contributed by atoms with Crippen LogP contribution in [0.3, 0.4) is 0 Å². The van der Waals surface area contributed by atoms with Crippen molar-refractivity contribution in [1.29, 1.82) is 0 Å². The molecule has 2 heteroatoms. The van der Waals surface area contributed by atoms with Crippen molar-refractivity contribution in [2.75, 3.05) is 0 Å². The van der Waals surface area contributed by atoms with Gasteiger partial charge < -0.3 is 10.8 Å². The van der Waals surface area contributed by atoms with Gasteiger partial charge in [0, 0.05) is 6.04 Å². The molecule has 0 bridgehead atoms. The molecule has 0 rings (SSSR count). The van der Waals surface area contributed by atoms with Gasteiger partial charge in [-0.1, -0.05) is 13.8 Å². The molecule has 0 aromatic heterocycles. The molecule has 0 fully saturated rings. The number of aliphatic hydroxyl groups is 1. The van der Waals surface area contributed by atoms with E-state index in [1.54, 1.807) is 6.92 Å². The van der Waals surface area contributed by atoms with E-state index in [4.69, 9.17) is 10.8 Å². The van der Waals surface area contributed by atoms with Gasteiger partial charge in [-0.2, -0.15) is 0 Å². The van der Waals surface area contributed by atoms with Crippen LogP contribution in [0.5, 0.6) is 0 Å². The van der Waals surface area contributed by atoms with E-state index >= 15 is 0 Å². The van der Waals surface area contributed by atoms with Crippen LogP contribution in [0.1, 0.15) is 27.2 Å². The fourth-order valence-electron chi connectivity index (χ4n) is 0.741. The maximum atomic E-state index is 8.94. The van der Waals surface area contributed by atoms with E-state index in [1.807, 2.05) is 0 Å². The molecule has 2 atom stereocenters. The monoisotopic (exact) mass is 131 g/mol. The highest BCUT2D eigenvalue weighted by Gasteiger charge is 2.09. The van der Waals surface area contributed by atoms with Gasteiger partial charge in [0.1, 0.15) is 0 Å². The van der Waals surface area contributed by atoms with Crippen LogP contribution in [-0.2, 0) is 0 Å². The maximum absolute atomic E-state index is 8.94. The zero-order chi connectivity index (χ0) is 7.44. The van der Waals surface area contributed by atoms with Crippen LogP contribution in [0.4, 0.5) is 0 Å². The SMILES string of the molecule is CC(C)C[C@@H](N)C(C)O. The van der Waals surface area contributed by atoms with Gasteiger partial charge in [-0.15, -0.1) is 0 Å². The minimum Gasteiger partial charge on any atom is -0.392 e.